The number of nitrogens with one attached hydrogen (secondary N) is 1. The number of rotatable bonds is 8. The van der Waals surface area contributed by atoms with E-state index < -0.39 is 12.1 Å². The number of ketones is 1. The topological polar surface area (TPSA) is 72.5 Å². The molecule has 0 aliphatic heterocycles. The highest BCUT2D eigenvalue weighted by Gasteiger charge is 2.19. The summed E-state index contributed by atoms with van der Waals surface area (Å²) in [7, 11) is 0. The molecule has 2 aromatic carbocycles. The van der Waals surface area contributed by atoms with E-state index in [0.29, 0.717) is 22.7 Å². The zero-order valence-corrected chi connectivity index (χ0v) is 16.1. The number of hydrogen-bond acceptors (Lipinski definition) is 4. The van der Waals surface area contributed by atoms with Crippen molar-refractivity contribution in [3.63, 3.8) is 0 Å². The van der Waals surface area contributed by atoms with Crippen LogP contribution >= 0.6 is 11.6 Å². The molecule has 6 heteroatoms. The highest BCUT2D eigenvalue weighted by Crippen LogP contribution is 2.14. The Balaban J connectivity index is 1.91. The highest BCUT2D eigenvalue weighted by molar-refractivity contribution is 6.30. The molecule has 1 unspecified atom stereocenters. The Kier molecular flexibility index (Phi) is 7.55. The van der Waals surface area contributed by atoms with Gasteiger partial charge in [0.1, 0.15) is 0 Å². The van der Waals surface area contributed by atoms with Crippen molar-refractivity contribution in [2.24, 2.45) is 0 Å². The molecule has 1 atom stereocenters. The Bertz CT molecular complexity index is 800. The van der Waals surface area contributed by atoms with Crippen molar-refractivity contribution in [3.8, 4) is 0 Å². The van der Waals surface area contributed by atoms with Gasteiger partial charge in [0.05, 0.1) is 6.42 Å². The second kappa shape index (κ2) is 9.88. The molecule has 0 aliphatic rings. The largest absolute Gasteiger partial charge is 0.454 e. The average molecular weight is 388 g/mol. The molecule has 0 heterocycles. The molecule has 2 rings (SSSR count). The monoisotopic (exact) mass is 387 g/mol. The van der Waals surface area contributed by atoms with Gasteiger partial charge >= 0.3 is 5.97 Å². The summed E-state index contributed by atoms with van der Waals surface area (Å²) >= 11 is 5.81. The van der Waals surface area contributed by atoms with E-state index in [0.717, 1.165) is 12.0 Å². The van der Waals surface area contributed by atoms with Crippen LogP contribution in [0.2, 0.25) is 5.02 Å². The molecule has 0 saturated carbocycles. The first-order valence-corrected chi connectivity index (χ1v) is 9.15. The lowest BCUT2D eigenvalue weighted by Gasteiger charge is -2.13. The number of halogens is 1. The van der Waals surface area contributed by atoms with Gasteiger partial charge in [-0.25, -0.2) is 0 Å². The third kappa shape index (κ3) is 6.53. The van der Waals surface area contributed by atoms with Crippen LogP contribution in [0.15, 0.2) is 48.5 Å². The second-order valence-electron chi connectivity index (χ2n) is 6.18. The average Bonchev–Trinajstić information content (AvgIpc) is 2.63. The quantitative estimate of drug-likeness (QED) is 0.537. The minimum Gasteiger partial charge on any atom is -0.454 e. The molecular formula is C21H22ClNO4. The van der Waals surface area contributed by atoms with Crippen LogP contribution < -0.4 is 5.32 Å². The van der Waals surface area contributed by atoms with Crippen LogP contribution in [0.4, 0.5) is 5.69 Å². The van der Waals surface area contributed by atoms with E-state index in [1.807, 2.05) is 6.92 Å². The van der Waals surface area contributed by atoms with Crippen molar-refractivity contribution < 1.29 is 19.1 Å². The summed E-state index contributed by atoms with van der Waals surface area (Å²) in [4.78, 5) is 36.0. The van der Waals surface area contributed by atoms with Crippen LogP contribution in [0.3, 0.4) is 0 Å². The van der Waals surface area contributed by atoms with E-state index in [1.54, 1.807) is 55.5 Å². The molecule has 0 radical (unpaired) electrons. The van der Waals surface area contributed by atoms with Crippen molar-refractivity contribution in [2.75, 3.05) is 5.32 Å². The van der Waals surface area contributed by atoms with Crippen molar-refractivity contribution in [1.82, 2.24) is 0 Å². The third-order valence-electron chi connectivity index (χ3n) is 3.87. The molecule has 0 fully saturated rings. The maximum absolute atomic E-state index is 12.4. The van der Waals surface area contributed by atoms with Gasteiger partial charge in [0.2, 0.25) is 11.7 Å². The fourth-order valence-electron chi connectivity index (χ4n) is 2.46. The lowest BCUT2D eigenvalue weighted by atomic mass is 10.1. The van der Waals surface area contributed by atoms with Gasteiger partial charge in [0.15, 0.2) is 6.10 Å². The summed E-state index contributed by atoms with van der Waals surface area (Å²) in [6.07, 6.45) is 0.380. The fourth-order valence-corrected chi connectivity index (χ4v) is 2.59. The Morgan fingerprint density at radius 2 is 1.67 bits per heavy atom. The first-order valence-electron chi connectivity index (χ1n) is 8.77. The molecule has 0 saturated heterocycles. The van der Waals surface area contributed by atoms with E-state index in [-0.39, 0.29) is 18.1 Å². The van der Waals surface area contributed by atoms with Gasteiger partial charge in [-0.15, -0.1) is 0 Å². The third-order valence-corrected chi connectivity index (χ3v) is 4.12. The fraction of sp³-hybridized carbons (Fsp3) is 0.286. The number of benzene rings is 2. The SMILES string of the molecule is CCCC(=O)Nc1ccc(C(=O)C(C)OC(=O)Cc2ccc(Cl)cc2)cc1. The molecule has 1 N–H and O–H groups in total. The lowest BCUT2D eigenvalue weighted by Crippen LogP contribution is -2.25. The normalized spacial score (nSPS) is 11.5. The predicted molar refractivity (Wildman–Crippen MR) is 105 cm³/mol. The second-order valence-corrected chi connectivity index (χ2v) is 6.61. The van der Waals surface area contributed by atoms with E-state index in [1.165, 1.54) is 0 Å². The molecule has 0 spiro atoms. The van der Waals surface area contributed by atoms with E-state index in [4.69, 9.17) is 16.3 Å². The standard InChI is InChI=1S/C21H22ClNO4/c1-3-4-19(24)23-18-11-7-16(8-12-18)21(26)14(2)27-20(25)13-15-5-9-17(22)10-6-15/h5-12,14H,3-4,13H2,1-2H3,(H,23,24). The number of anilines is 1. The number of carbonyl (C=O) groups excluding carboxylic acids is 3. The van der Waals surface area contributed by atoms with Gasteiger partial charge in [0, 0.05) is 22.7 Å². The van der Waals surface area contributed by atoms with Crippen LogP contribution in [0.25, 0.3) is 0 Å². The molecule has 1 amide bonds. The molecule has 0 bridgehead atoms. The van der Waals surface area contributed by atoms with Gasteiger partial charge < -0.3 is 10.1 Å². The number of amides is 1. The predicted octanol–water partition coefficient (Wildman–Crippen LogP) is 4.44. The van der Waals surface area contributed by atoms with Crippen LogP contribution in [0.5, 0.6) is 0 Å². The van der Waals surface area contributed by atoms with Crippen LogP contribution in [0, 0.1) is 0 Å². The number of hydrogen-bond donors (Lipinski definition) is 1. The van der Waals surface area contributed by atoms with Crippen LogP contribution in [0.1, 0.15) is 42.6 Å². The maximum atomic E-state index is 12.4. The van der Waals surface area contributed by atoms with Gasteiger partial charge in [-0.2, -0.15) is 0 Å². The van der Waals surface area contributed by atoms with Crippen LogP contribution in [-0.4, -0.2) is 23.8 Å². The summed E-state index contributed by atoms with van der Waals surface area (Å²) in [5.74, 6) is -0.853. The summed E-state index contributed by atoms with van der Waals surface area (Å²) < 4.78 is 5.24. The molecule has 27 heavy (non-hydrogen) atoms. The van der Waals surface area contributed by atoms with Gasteiger partial charge in [0.25, 0.3) is 0 Å². The van der Waals surface area contributed by atoms with Gasteiger partial charge in [-0.1, -0.05) is 30.7 Å². The Morgan fingerprint density at radius 3 is 2.26 bits per heavy atom. The van der Waals surface area contributed by atoms with Crippen molar-refractivity contribution in [3.05, 3.63) is 64.7 Å². The summed E-state index contributed by atoms with van der Waals surface area (Å²) in [6, 6.07) is 13.4. The van der Waals surface area contributed by atoms with Crippen molar-refractivity contribution in [2.45, 2.75) is 39.2 Å². The lowest BCUT2D eigenvalue weighted by molar-refractivity contribution is -0.145. The molecule has 142 valence electrons. The van der Waals surface area contributed by atoms with E-state index in [9.17, 15) is 14.4 Å². The van der Waals surface area contributed by atoms with Crippen LogP contribution in [-0.2, 0) is 20.7 Å². The van der Waals surface area contributed by atoms with Gasteiger partial charge in [-0.05, 0) is 55.3 Å². The summed E-state index contributed by atoms with van der Waals surface area (Å²) in [6.45, 7) is 3.47. The zero-order valence-electron chi connectivity index (χ0n) is 15.3. The molecule has 0 aromatic heterocycles. The number of Topliss-reactive ketones (excluding diaryl/α,β-unsaturated/α-hetero) is 1. The smallest absolute Gasteiger partial charge is 0.310 e. The number of esters is 1. The minimum atomic E-state index is -0.898. The minimum absolute atomic E-state index is 0.0667. The van der Waals surface area contributed by atoms with Crippen molar-refractivity contribution in [1.29, 1.82) is 0 Å². The molecule has 0 aliphatic carbocycles. The summed E-state index contributed by atoms with van der Waals surface area (Å²) in [5, 5.41) is 3.34. The first-order chi connectivity index (χ1) is 12.9. The Labute approximate surface area is 163 Å². The van der Waals surface area contributed by atoms with E-state index >= 15 is 0 Å². The van der Waals surface area contributed by atoms with E-state index in [2.05, 4.69) is 5.32 Å². The Morgan fingerprint density at radius 1 is 1.04 bits per heavy atom. The molecular weight excluding hydrogens is 366 g/mol. The number of ether oxygens (including phenoxy) is 1. The maximum Gasteiger partial charge on any atom is 0.310 e. The summed E-state index contributed by atoms with van der Waals surface area (Å²) in [5.41, 5.74) is 1.80. The Hall–Kier alpha value is -2.66. The van der Waals surface area contributed by atoms with Gasteiger partial charge in [-0.3, -0.25) is 14.4 Å². The number of carbonyl (C=O) groups is 3. The van der Waals surface area contributed by atoms with Crippen molar-refractivity contribution >= 4 is 34.9 Å². The highest BCUT2D eigenvalue weighted by atomic mass is 35.5. The molecule has 5 nitrogen and oxygen atoms in total. The zero-order chi connectivity index (χ0) is 19.8. The first kappa shape index (κ1) is 20.6. The molecule has 2 aromatic rings.